The molecule has 1 atom stereocenters. The third kappa shape index (κ3) is 3.45. The average molecular weight is 373 g/mol. The van der Waals surface area contributed by atoms with Crippen molar-refractivity contribution in [2.45, 2.75) is 25.8 Å². The first-order valence-electron chi connectivity index (χ1n) is 9.57. The van der Waals surface area contributed by atoms with Crippen molar-refractivity contribution in [1.29, 1.82) is 0 Å². The molecule has 6 nitrogen and oxygen atoms in total. The van der Waals surface area contributed by atoms with Crippen LogP contribution >= 0.6 is 0 Å². The molecule has 3 aromatic rings. The van der Waals surface area contributed by atoms with Crippen LogP contribution in [0.1, 0.15) is 30.1 Å². The topological polar surface area (TPSA) is 63.9 Å². The van der Waals surface area contributed by atoms with Crippen LogP contribution in [0, 0.1) is 0 Å². The highest BCUT2D eigenvalue weighted by Gasteiger charge is 2.25. The number of benzene rings is 1. The van der Waals surface area contributed by atoms with Gasteiger partial charge in [-0.25, -0.2) is 4.98 Å². The first-order valence-corrected chi connectivity index (χ1v) is 9.57. The predicted octanol–water partition coefficient (Wildman–Crippen LogP) is 3.72. The maximum absolute atomic E-state index is 13.0. The Labute approximate surface area is 164 Å². The molecule has 1 unspecified atom stereocenters. The van der Waals surface area contributed by atoms with E-state index >= 15 is 0 Å². The van der Waals surface area contributed by atoms with Crippen LogP contribution in [-0.2, 0) is 7.05 Å². The summed E-state index contributed by atoms with van der Waals surface area (Å²) in [6.07, 6.45) is 9.86. The van der Waals surface area contributed by atoms with E-state index in [0.717, 1.165) is 29.9 Å². The minimum Gasteiger partial charge on any atom is -0.333 e. The largest absolute Gasteiger partial charge is 0.333 e. The average Bonchev–Trinajstić information content (AvgIpc) is 3.37. The maximum Gasteiger partial charge on any atom is 0.254 e. The second-order valence-corrected chi connectivity index (χ2v) is 6.99. The zero-order valence-corrected chi connectivity index (χ0v) is 16.1. The number of carbonyl (C=O) groups excluding carboxylic acids is 1. The molecule has 1 aliphatic heterocycles. The predicted molar refractivity (Wildman–Crippen MR) is 109 cm³/mol. The van der Waals surface area contributed by atoms with Gasteiger partial charge in [-0.15, -0.1) is 10.2 Å². The van der Waals surface area contributed by atoms with Crippen molar-refractivity contribution in [2.75, 3.05) is 6.54 Å². The Bertz CT molecular complexity index is 1010. The van der Waals surface area contributed by atoms with Gasteiger partial charge >= 0.3 is 0 Å². The van der Waals surface area contributed by atoms with Crippen molar-refractivity contribution in [3.63, 3.8) is 0 Å². The Morgan fingerprint density at radius 3 is 2.71 bits per heavy atom. The maximum atomic E-state index is 13.0. The second kappa shape index (κ2) is 7.76. The summed E-state index contributed by atoms with van der Waals surface area (Å²) in [6.45, 7) is 2.81. The molecule has 1 aromatic carbocycles. The van der Waals surface area contributed by atoms with Crippen LogP contribution in [0.15, 0.2) is 60.9 Å². The van der Waals surface area contributed by atoms with Gasteiger partial charge in [0.05, 0.1) is 11.7 Å². The normalized spacial score (nSPS) is 15.9. The van der Waals surface area contributed by atoms with Gasteiger partial charge < -0.3 is 9.47 Å². The summed E-state index contributed by atoms with van der Waals surface area (Å²) in [7, 11) is 1.92. The molecule has 0 spiro atoms. The van der Waals surface area contributed by atoms with Crippen molar-refractivity contribution in [2.24, 2.45) is 7.05 Å². The molecule has 0 saturated carbocycles. The lowest BCUT2D eigenvalue weighted by Gasteiger charge is -2.24. The number of aromatic nitrogens is 4. The highest BCUT2D eigenvalue weighted by Crippen LogP contribution is 2.23. The zero-order valence-electron chi connectivity index (χ0n) is 16.1. The summed E-state index contributed by atoms with van der Waals surface area (Å²) < 4.78 is 1.90. The Kier molecular flexibility index (Phi) is 5.02. The number of rotatable bonds is 5. The summed E-state index contributed by atoms with van der Waals surface area (Å²) in [5, 5.41) is 8.66. The van der Waals surface area contributed by atoms with E-state index in [2.05, 4.69) is 34.3 Å². The Morgan fingerprint density at radius 1 is 1.18 bits per heavy atom. The van der Waals surface area contributed by atoms with E-state index in [1.54, 1.807) is 6.20 Å². The minimum absolute atomic E-state index is 0.0582. The summed E-state index contributed by atoms with van der Waals surface area (Å²) in [5.41, 5.74) is 3.01. The molecular formula is C22H23N5O. The van der Waals surface area contributed by atoms with Gasteiger partial charge in [-0.3, -0.25) is 4.79 Å². The molecule has 4 rings (SSSR count). The van der Waals surface area contributed by atoms with Gasteiger partial charge in [0.2, 0.25) is 0 Å². The molecule has 0 N–H and O–H groups in total. The van der Waals surface area contributed by atoms with Gasteiger partial charge in [0.25, 0.3) is 5.91 Å². The molecule has 0 radical (unpaired) electrons. The highest BCUT2D eigenvalue weighted by atomic mass is 16.2. The standard InChI is InChI=1S/C22H23N5O/c1-3-6-18-9-5-13-27(18)22(28)17-8-4-7-16(15-17)19-10-11-20(25-24-19)21-23-12-14-26(21)2/h4-5,7-12,14-15,18H,3,6,13H2,1-2H3. The van der Waals surface area contributed by atoms with Crippen molar-refractivity contribution < 1.29 is 4.79 Å². The molecule has 0 saturated heterocycles. The number of imidazole rings is 1. The summed E-state index contributed by atoms with van der Waals surface area (Å²) in [6, 6.07) is 11.6. The van der Waals surface area contributed by atoms with Crippen LogP contribution in [0.4, 0.5) is 0 Å². The van der Waals surface area contributed by atoms with Gasteiger partial charge in [-0.1, -0.05) is 37.6 Å². The molecule has 6 heteroatoms. The van der Waals surface area contributed by atoms with E-state index in [1.165, 1.54) is 0 Å². The van der Waals surface area contributed by atoms with Gasteiger partial charge in [0.1, 0.15) is 5.69 Å². The molecule has 0 aliphatic carbocycles. The van der Waals surface area contributed by atoms with Crippen LogP contribution in [0.5, 0.6) is 0 Å². The fourth-order valence-electron chi connectivity index (χ4n) is 3.55. The number of hydrogen-bond acceptors (Lipinski definition) is 4. The smallest absolute Gasteiger partial charge is 0.254 e. The lowest BCUT2D eigenvalue weighted by molar-refractivity contribution is 0.0744. The molecule has 0 bridgehead atoms. The van der Waals surface area contributed by atoms with E-state index in [-0.39, 0.29) is 11.9 Å². The van der Waals surface area contributed by atoms with Crippen LogP contribution in [0.25, 0.3) is 22.8 Å². The van der Waals surface area contributed by atoms with Crippen molar-refractivity contribution >= 4 is 5.91 Å². The Hall–Kier alpha value is -3.28. The first-order chi connectivity index (χ1) is 13.7. The van der Waals surface area contributed by atoms with Crippen LogP contribution in [0.3, 0.4) is 0 Å². The SMILES string of the molecule is CCCC1C=CCN1C(=O)c1cccc(-c2ccc(-c3nccn3C)nn2)c1. The molecule has 2 aromatic heterocycles. The molecule has 1 amide bonds. The number of carbonyl (C=O) groups is 1. The molecule has 28 heavy (non-hydrogen) atoms. The van der Waals surface area contributed by atoms with Crippen molar-refractivity contribution in [3.8, 4) is 22.8 Å². The van der Waals surface area contributed by atoms with E-state index in [1.807, 2.05) is 59.1 Å². The number of amides is 1. The molecule has 142 valence electrons. The molecule has 1 aliphatic rings. The quantitative estimate of drug-likeness (QED) is 0.640. The summed E-state index contributed by atoms with van der Waals surface area (Å²) in [5.74, 6) is 0.828. The zero-order chi connectivity index (χ0) is 19.5. The van der Waals surface area contributed by atoms with Crippen LogP contribution < -0.4 is 0 Å². The van der Waals surface area contributed by atoms with Gasteiger partial charge in [-0.2, -0.15) is 0 Å². The highest BCUT2D eigenvalue weighted by molar-refractivity contribution is 5.96. The van der Waals surface area contributed by atoms with Crippen LogP contribution in [-0.4, -0.2) is 43.1 Å². The fourth-order valence-corrected chi connectivity index (χ4v) is 3.55. The van der Waals surface area contributed by atoms with Gasteiger partial charge in [0, 0.05) is 37.1 Å². The summed E-state index contributed by atoms with van der Waals surface area (Å²) in [4.78, 5) is 19.2. The first kappa shape index (κ1) is 18.1. The van der Waals surface area contributed by atoms with Gasteiger partial charge in [-0.05, 0) is 30.7 Å². The van der Waals surface area contributed by atoms with Crippen molar-refractivity contribution in [3.05, 3.63) is 66.5 Å². The lowest BCUT2D eigenvalue weighted by Crippen LogP contribution is -2.36. The molecular weight excluding hydrogens is 350 g/mol. The van der Waals surface area contributed by atoms with E-state index in [4.69, 9.17) is 0 Å². The number of hydrogen-bond donors (Lipinski definition) is 0. The Morgan fingerprint density at radius 2 is 2.00 bits per heavy atom. The van der Waals surface area contributed by atoms with E-state index in [0.29, 0.717) is 17.8 Å². The molecule has 0 fully saturated rings. The lowest BCUT2D eigenvalue weighted by atomic mass is 10.1. The molecule has 3 heterocycles. The van der Waals surface area contributed by atoms with E-state index in [9.17, 15) is 4.79 Å². The number of nitrogens with zero attached hydrogens (tertiary/aromatic N) is 5. The monoisotopic (exact) mass is 373 g/mol. The van der Waals surface area contributed by atoms with E-state index < -0.39 is 0 Å². The van der Waals surface area contributed by atoms with Crippen LogP contribution in [0.2, 0.25) is 0 Å². The fraction of sp³-hybridized carbons (Fsp3) is 0.273. The third-order valence-corrected chi connectivity index (χ3v) is 5.03. The van der Waals surface area contributed by atoms with Crippen molar-refractivity contribution in [1.82, 2.24) is 24.6 Å². The summed E-state index contributed by atoms with van der Waals surface area (Å²) >= 11 is 0. The second-order valence-electron chi connectivity index (χ2n) is 6.99. The Balaban J connectivity index is 1.57. The third-order valence-electron chi connectivity index (χ3n) is 5.03. The number of aryl methyl sites for hydroxylation is 1. The van der Waals surface area contributed by atoms with Gasteiger partial charge in [0.15, 0.2) is 5.82 Å². The minimum atomic E-state index is 0.0582.